The molecule has 2 aromatic rings. The topological polar surface area (TPSA) is 94.5 Å². The van der Waals surface area contributed by atoms with E-state index in [1.165, 1.54) is 6.92 Å². The molecule has 0 aliphatic rings. The molecule has 2 rings (SSSR count). The molecule has 0 saturated heterocycles. The number of nitrogens with one attached hydrogen (secondary N) is 1. The number of ketones is 1. The molecule has 0 aliphatic heterocycles. The van der Waals surface area contributed by atoms with E-state index in [0.29, 0.717) is 23.2 Å². The first-order valence-electron chi connectivity index (χ1n) is 8.81. The number of hydrogen-bond donors (Lipinski definition) is 2. The molecule has 6 heteroatoms. The Morgan fingerprint density at radius 2 is 1.93 bits per heavy atom. The van der Waals surface area contributed by atoms with Gasteiger partial charge in [0, 0.05) is 5.56 Å². The lowest BCUT2D eigenvalue weighted by molar-refractivity contribution is -0.127. The number of carbonyl (C=O) groups excluding carboxylic acids is 2. The summed E-state index contributed by atoms with van der Waals surface area (Å²) in [7, 11) is 0. The van der Waals surface area contributed by atoms with Crippen molar-refractivity contribution in [1.29, 1.82) is 5.26 Å². The fourth-order valence-electron chi connectivity index (χ4n) is 2.84. The second kappa shape index (κ2) is 9.45. The van der Waals surface area contributed by atoms with Crippen LogP contribution in [-0.2, 0) is 11.2 Å². The minimum absolute atomic E-state index is 0.191. The Hall–Kier alpha value is -3.48. The molecule has 0 heterocycles. The number of Topliss-reactive ketones (excluding diaryl/α,β-unsaturated/α-hetero) is 1. The van der Waals surface area contributed by atoms with Crippen LogP contribution in [0.3, 0.4) is 0 Å². The Morgan fingerprint density at radius 3 is 2.46 bits per heavy atom. The molecule has 2 N–H and O–H groups in total. The summed E-state index contributed by atoms with van der Waals surface area (Å²) in [4.78, 5) is 28.2. The van der Waals surface area contributed by atoms with Crippen molar-refractivity contribution in [3.8, 4) is 6.07 Å². The Kier molecular flexibility index (Phi) is 7.03. The van der Waals surface area contributed by atoms with Crippen LogP contribution in [0.25, 0.3) is 4.85 Å². The smallest absolute Gasteiger partial charge is 0.226 e. The molecule has 28 heavy (non-hydrogen) atoms. The minimum atomic E-state index is -0.897. The standard InChI is InChI=1S/C22H21N3O3/c1-14-10-17(6-9-20(14)24-3)11-19(15(2)26)22(28)25-13-21(27)18-7-4-16(12-23)5-8-18/h4-10,15,19,26H,11,13H2,1-2H3,(H,25,28)/t15-,19+/m0/s1. The van der Waals surface area contributed by atoms with Crippen LogP contribution in [0.4, 0.5) is 5.69 Å². The molecule has 142 valence electrons. The summed E-state index contributed by atoms with van der Waals surface area (Å²) in [5, 5.41) is 21.4. The van der Waals surface area contributed by atoms with E-state index in [1.54, 1.807) is 36.4 Å². The number of aliphatic hydroxyl groups is 1. The van der Waals surface area contributed by atoms with E-state index >= 15 is 0 Å². The fourth-order valence-corrected chi connectivity index (χ4v) is 2.84. The number of amides is 1. The van der Waals surface area contributed by atoms with Crippen LogP contribution in [0.2, 0.25) is 0 Å². The van der Waals surface area contributed by atoms with Crippen LogP contribution in [0.1, 0.15) is 34.0 Å². The van der Waals surface area contributed by atoms with E-state index in [0.717, 1.165) is 11.1 Å². The number of rotatable bonds is 7. The van der Waals surface area contributed by atoms with Gasteiger partial charge in [-0.1, -0.05) is 30.3 Å². The zero-order chi connectivity index (χ0) is 20.7. The van der Waals surface area contributed by atoms with Crippen LogP contribution in [-0.4, -0.2) is 29.4 Å². The van der Waals surface area contributed by atoms with Gasteiger partial charge in [0.05, 0.1) is 36.8 Å². The van der Waals surface area contributed by atoms with Crippen LogP contribution < -0.4 is 5.32 Å². The SMILES string of the molecule is [C-]#[N+]c1ccc(C[C@@H](C(=O)NCC(=O)c2ccc(C#N)cc2)[C@H](C)O)cc1C. The Labute approximate surface area is 164 Å². The van der Waals surface area contributed by atoms with E-state index < -0.39 is 17.9 Å². The van der Waals surface area contributed by atoms with Crippen LogP contribution in [0.5, 0.6) is 0 Å². The van der Waals surface area contributed by atoms with Gasteiger partial charge in [0.25, 0.3) is 0 Å². The van der Waals surface area contributed by atoms with Crippen molar-refractivity contribution in [1.82, 2.24) is 5.32 Å². The van der Waals surface area contributed by atoms with Gasteiger partial charge in [0.1, 0.15) is 0 Å². The second-order valence-corrected chi connectivity index (χ2v) is 6.61. The first-order valence-corrected chi connectivity index (χ1v) is 8.81. The molecule has 0 spiro atoms. The zero-order valence-electron chi connectivity index (χ0n) is 15.8. The van der Waals surface area contributed by atoms with Crippen molar-refractivity contribution in [3.05, 3.63) is 76.1 Å². The molecule has 0 unspecified atom stereocenters. The summed E-state index contributed by atoms with van der Waals surface area (Å²) in [6, 6.07) is 13.5. The van der Waals surface area contributed by atoms with E-state index in [2.05, 4.69) is 10.2 Å². The Balaban J connectivity index is 2.02. The Morgan fingerprint density at radius 1 is 1.25 bits per heavy atom. The van der Waals surface area contributed by atoms with Crippen LogP contribution >= 0.6 is 0 Å². The fraction of sp³-hybridized carbons (Fsp3) is 0.273. The second-order valence-electron chi connectivity index (χ2n) is 6.61. The zero-order valence-corrected chi connectivity index (χ0v) is 15.8. The number of nitriles is 1. The first kappa shape index (κ1) is 20.8. The maximum atomic E-state index is 12.5. The van der Waals surface area contributed by atoms with Crippen molar-refractivity contribution < 1.29 is 14.7 Å². The molecular formula is C22H21N3O3. The van der Waals surface area contributed by atoms with Gasteiger partial charge in [-0.15, -0.1) is 0 Å². The van der Waals surface area contributed by atoms with E-state index in [1.807, 2.05) is 19.1 Å². The first-order chi connectivity index (χ1) is 13.3. The van der Waals surface area contributed by atoms with Crippen molar-refractivity contribution in [3.63, 3.8) is 0 Å². The predicted octanol–water partition coefficient (Wildman–Crippen LogP) is 2.96. The van der Waals surface area contributed by atoms with Crippen LogP contribution in [0, 0.1) is 30.7 Å². The number of nitrogens with zero attached hydrogens (tertiary/aromatic N) is 2. The van der Waals surface area contributed by atoms with E-state index in [-0.39, 0.29) is 12.3 Å². The lowest BCUT2D eigenvalue weighted by atomic mass is 9.93. The molecule has 0 aliphatic carbocycles. The number of hydrogen-bond acceptors (Lipinski definition) is 4. The maximum Gasteiger partial charge on any atom is 0.226 e. The highest BCUT2D eigenvalue weighted by molar-refractivity contribution is 5.99. The van der Waals surface area contributed by atoms with Crippen molar-refractivity contribution in [2.45, 2.75) is 26.4 Å². The largest absolute Gasteiger partial charge is 0.393 e. The maximum absolute atomic E-state index is 12.5. The molecule has 0 bridgehead atoms. The summed E-state index contributed by atoms with van der Waals surface area (Å²) >= 11 is 0. The molecular weight excluding hydrogens is 354 g/mol. The molecule has 1 amide bonds. The average Bonchev–Trinajstić information content (AvgIpc) is 2.69. The summed E-state index contributed by atoms with van der Waals surface area (Å²) in [6.45, 7) is 10.3. The molecule has 0 aromatic heterocycles. The van der Waals surface area contributed by atoms with Crippen molar-refractivity contribution in [2.75, 3.05) is 6.54 Å². The average molecular weight is 375 g/mol. The van der Waals surface area contributed by atoms with Gasteiger partial charge in [0.2, 0.25) is 5.91 Å². The summed E-state index contributed by atoms with van der Waals surface area (Å²) in [6.07, 6.45) is -0.598. The van der Waals surface area contributed by atoms with Crippen molar-refractivity contribution in [2.24, 2.45) is 5.92 Å². The van der Waals surface area contributed by atoms with Crippen LogP contribution in [0.15, 0.2) is 42.5 Å². The highest BCUT2D eigenvalue weighted by Crippen LogP contribution is 2.22. The predicted molar refractivity (Wildman–Crippen MR) is 105 cm³/mol. The highest BCUT2D eigenvalue weighted by Gasteiger charge is 2.24. The third kappa shape index (κ3) is 5.26. The molecule has 0 radical (unpaired) electrons. The molecule has 2 aromatic carbocycles. The van der Waals surface area contributed by atoms with Crippen molar-refractivity contribution >= 4 is 17.4 Å². The summed E-state index contributed by atoms with van der Waals surface area (Å²) in [5.41, 5.74) is 3.06. The number of carbonyl (C=O) groups is 2. The number of benzene rings is 2. The van der Waals surface area contributed by atoms with Gasteiger partial charge in [-0.2, -0.15) is 5.26 Å². The van der Waals surface area contributed by atoms with Gasteiger partial charge in [-0.3, -0.25) is 9.59 Å². The number of aryl methyl sites for hydroxylation is 1. The molecule has 2 atom stereocenters. The third-order valence-corrected chi connectivity index (χ3v) is 4.52. The summed E-state index contributed by atoms with van der Waals surface area (Å²) in [5.74, 6) is -1.41. The molecule has 0 saturated carbocycles. The van der Waals surface area contributed by atoms with E-state index in [9.17, 15) is 14.7 Å². The van der Waals surface area contributed by atoms with Gasteiger partial charge in [-0.05, 0) is 43.5 Å². The normalized spacial score (nSPS) is 12.3. The lowest BCUT2D eigenvalue weighted by Crippen LogP contribution is -2.40. The number of aliphatic hydroxyl groups excluding tert-OH is 1. The van der Waals surface area contributed by atoms with Gasteiger partial charge < -0.3 is 10.4 Å². The van der Waals surface area contributed by atoms with Gasteiger partial charge >= 0.3 is 0 Å². The Bertz CT molecular complexity index is 950. The van der Waals surface area contributed by atoms with Gasteiger partial charge in [-0.25, -0.2) is 4.85 Å². The lowest BCUT2D eigenvalue weighted by Gasteiger charge is -2.20. The third-order valence-electron chi connectivity index (χ3n) is 4.52. The van der Waals surface area contributed by atoms with E-state index in [4.69, 9.17) is 11.8 Å². The highest BCUT2D eigenvalue weighted by atomic mass is 16.3. The minimum Gasteiger partial charge on any atom is -0.393 e. The van der Waals surface area contributed by atoms with Gasteiger partial charge in [0.15, 0.2) is 11.5 Å². The monoisotopic (exact) mass is 375 g/mol. The molecule has 6 nitrogen and oxygen atoms in total. The quantitative estimate of drug-likeness (QED) is 0.575. The summed E-state index contributed by atoms with van der Waals surface area (Å²) < 4.78 is 0. The molecule has 0 fully saturated rings.